The van der Waals surface area contributed by atoms with E-state index in [1.54, 1.807) is 14.2 Å². The second-order valence-corrected chi connectivity index (χ2v) is 5.50. The molecule has 5 heteroatoms. The van der Waals surface area contributed by atoms with Crippen LogP contribution >= 0.6 is 0 Å². The van der Waals surface area contributed by atoms with E-state index in [0.717, 1.165) is 51.5 Å². The van der Waals surface area contributed by atoms with Gasteiger partial charge in [-0.05, 0) is 18.6 Å². The van der Waals surface area contributed by atoms with Gasteiger partial charge in [-0.15, -0.1) is 0 Å². The second kappa shape index (κ2) is 8.22. The number of benzene rings is 1. The van der Waals surface area contributed by atoms with Gasteiger partial charge in [-0.25, -0.2) is 0 Å². The maximum atomic E-state index is 6.13. The van der Waals surface area contributed by atoms with Crippen LogP contribution in [0.3, 0.4) is 0 Å². The van der Waals surface area contributed by atoms with Crippen molar-refractivity contribution in [2.75, 3.05) is 58.5 Å². The molecule has 1 saturated heterocycles. The molecule has 2 N–H and O–H groups in total. The molecule has 0 aliphatic carbocycles. The van der Waals surface area contributed by atoms with E-state index < -0.39 is 0 Å². The van der Waals surface area contributed by atoms with Crippen LogP contribution in [0.15, 0.2) is 24.3 Å². The first kappa shape index (κ1) is 16.1. The predicted octanol–water partition coefficient (Wildman–Crippen LogP) is 1.18. The smallest absolute Gasteiger partial charge is 0.142 e. The average Bonchev–Trinajstić information content (AvgIpc) is 2.53. The van der Waals surface area contributed by atoms with Gasteiger partial charge < -0.3 is 20.1 Å². The number of methoxy groups -OCH3 is 2. The molecule has 1 aromatic carbocycles. The number of hydrogen-bond acceptors (Lipinski definition) is 5. The van der Waals surface area contributed by atoms with Gasteiger partial charge in [0.15, 0.2) is 0 Å². The Labute approximate surface area is 127 Å². The van der Waals surface area contributed by atoms with E-state index in [-0.39, 0.29) is 6.04 Å². The molecule has 0 spiro atoms. The molecule has 1 unspecified atom stereocenters. The van der Waals surface area contributed by atoms with Crippen LogP contribution in [0.4, 0.5) is 5.69 Å². The predicted molar refractivity (Wildman–Crippen MR) is 86.1 cm³/mol. The first-order chi connectivity index (χ1) is 10.2. The lowest BCUT2D eigenvalue weighted by Gasteiger charge is -2.37. The molecule has 0 aromatic heterocycles. The van der Waals surface area contributed by atoms with Crippen molar-refractivity contribution in [1.29, 1.82) is 0 Å². The molecule has 1 aliphatic heterocycles. The number of hydrogen-bond donors (Lipinski definition) is 1. The SMILES string of the molecule is COCCC(N)CN1CCN(c2ccccc2OC)CC1. The standard InChI is InChI=1S/C16H27N3O2/c1-20-12-7-14(17)13-18-8-10-19(11-9-18)15-5-3-4-6-16(15)21-2/h3-6,14H,7-13,17H2,1-2H3. The summed E-state index contributed by atoms with van der Waals surface area (Å²) in [7, 11) is 3.45. The first-order valence-corrected chi connectivity index (χ1v) is 7.59. The zero-order valence-corrected chi connectivity index (χ0v) is 13.1. The fourth-order valence-electron chi connectivity index (χ4n) is 2.75. The van der Waals surface area contributed by atoms with E-state index >= 15 is 0 Å². The van der Waals surface area contributed by atoms with Gasteiger partial charge in [0.05, 0.1) is 12.8 Å². The molecule has 0 radical (unpaired) electrons. The van der Waals surface area contributed by atoms with E-state index in [0.29, 0.717) is 0 Å². The van der Waals surface area contributed by atoms with E-state index in [4.69, 9.17) is 15.2 Å². The molecule has 21 heavy (non-hydrogen) atoms. The van der Waals surface area contributed by atoms with Crippen LogP contribution in [0, 0.1) is 0 Å². The van der Waals surface area contributed by atoms with Gasteiger partial charge in [0.2, 0.25) is 0 Å². The quantitative estimate of drug-likeness (QED) is 0.818. The van der Waals surface area contributed by atoms with Gasteiger partial charge in [0.1, 0.15) is 5.75 Å². The molecule has 5 nitrogen and oxygen atoms in total. The van der Waals surface area contributed by atoms with Crippen molar-refractivity contribution in [3.8, 4) is 5.75 Å². The minimum Gasteiger partial charge on any atom is -0.495 e. The largest absolute Gasteiger partial charge is 0.495 e. The van der Waals surface area contributed by atoms with Gasteiger partial charge in [-0.3, -0.25) is 4.90 Å². The van der Waals surface area contributed by atoms with Crippen LogP contribution in [-0.2, 0) is 4.74 Å². The first-order valence-electron chi connectivity index (χ1n) is 7.59. The van der Waals surface area contributed by atoms with Crippen LogP contribution in [0.2, 0.25) is 0 Å². The van der Waals surface area contributed by atoms with E-state index in [2.05, 4.69) is 21.9 Å². The fourth-order valence-corrected chi connectivity index (χ4v) is 2.75. The van der Waals surface area contributed by atoms with Crippen molar-refractivity contribution in [3.63, 3.8) is 0 Å². The summed E-state index contributed by atoms with van der Waals surface area (Å²) in [6.45, 7) is 5.79. The summed E-state index contributed by atoms with van der Waals surface area (Å²) < 4.78 is 10.5. The minimum absolute atomic E-state index is 0.197. The number of para-hydroxylation sites is 2. The van der Waals surface area contributed by atoms with Crippen molar-refractivity contribution in [3.05, 3.63) is 24.3 Å². The number of nitrogens with zero attached hydrogens (tertiary/aromatic N) is 2. The normalized spacial score (nSPS) is 17.8. The highest BCUT2D eigenvalue weighted by Gasteiger charge is 2.20. The van der Waals surface area contributed by atoms with E-state index in [1.165, 1.54) is 5.69 Å². The van der Waals surface area contributed by atoms with E-state index in [9.17, 15) is 0 Å². The molecule has 0 amide bonds. The molecule has 0 saturated carbocycles. The Bertz CT molecular complexity index is 420. The summed E-state index contributed by atoms with van der Waals surface area (Å²) in [6.07, 6.45) is 0.920. The highest BCUT2D eigenvalue weighted by atomic mass is 16.5. The van der Waals surface area contributed by atoms with Gasteiger partial charge >= 0.3 is 0 Å². The average molecular weight is 293 g/mol. The molecule has 1 atom stereocenters. The van der Waals surface area contributed by atoms with Gasteiger partial charge in [-0.1, -0.05) is 12.1 Å². The summed E-state index contributed by atoms with van der Waals surface area (Å²) >= 11 is 0. The molecule has 118 valence electrons. The number of rotatable bonds is 7. The van der Waals surface area contributed by atoms with Crippen molar-refractivity contribution in [2.24, 2.45) is 5.73 Å². The zero-order valence-electron chi connectivity index (χ0n) is 13.1. The Balaban J connectivity index is 1.83. The number of anilines is 1. The highest BCUT2D eigenvalue weighted by molar-refractivity contribution is 5.58. The lowest BCUT2D eigenvalue weighted by atomic mass is 10.2. The number of nitrogens with two attached hydrogens (primary N) is 1. The molecule has 1 fully saturated rings. The minimum atomic E-state index is 0.197. The number of ether oxygens (including phenoxy) is 2. The Morgan fingerprint density at radius 2 is 1.86 bits per heavy atom. The molecular formula is C16H27N3O2. The third kappa shape index (κ3) is 4.59. The summed E-state index contributed by atoms with van der Waals surface area (Å²) in [5.74, 6) is 0.947. The van der Waals surface area contributed by atoms with Crippen LogP contribution < -0.4 is 15.4 Å². The van der Waals surface area contributed by atoms with Crippen LogP contribution in [0.5, 0.6) is 5.75 Å². The Morgan fingerprint density at radius 3 is 2.52 bits per heavy atom. The highest BCUT2D eigenvalue weighted by Crippen LogP contribution is 2.28. The van der Waals surface area contributed by atoms with Crippen molar-refractivity contribution < 1.29 is 9.47 Å². The molecule has 1 aliphatic rings. The lowest BCUT2D eigenvalue weighted by molar-refractivity contribution is 0.172. The zero-order chi connectivity index (χ0) is 15.1. The maximum absolute atomic E-state index is 6.13. The summed E-state index contributed by atoms with van der Waals surface area (Å²) in [5, 5.41) is 0. The number of piperazine rings is 1. The van der Waals surface area contributed by atoms with Crippen molar-refractivity contribution in [2.45, 2.75) is 12.5 Å². The van der Waals surface area contributed by atoms with E-state index in [1.807, 2.05) is 12.1 Å². The lowest BCUT2D eigenvalue weighted by Crippen LogP contribution is -2.50. The van der Waals surface area contributed by atoms with Gasteiger partial charge in [-0.2, -0.15) is 0 Å². The molecule has 0 bridgehead atoms. The molecule has 2 rings (SSSR count). The summed E-state index contributed by atoms with van der Waals surface area (Å²) in [6, 6.07) is 8.40. The Kier molecular flexibility index (Phi) is 6.29. The second-order valence-electron chi connectivity index (χ2n) is 5.50. The topological polar surface area (TPSA) is 51.0 Å². The van der Waals surface area contributed by atoms with Crippen molar-refractivity contribution in [1.82, 2.24) is 4.90 Å². The monoisotopic (exact) mass is 293 g/mol. The molecule has 1 heterocycles. The third-order valence-corrected chi connectivity index (χ3v) is 3.98. The third-order valence-electron chi connectivity index (χ3n) is 3.98. The van der Waals surface area contributed by atoms with Gasteiger partial charge in [0, 0.05) is 52.5 Å². The fraction of sp³-hybridized carbons (Fsp3) is 0.625. The van der Waals surface area contributed by atoms with Crippen LogP contribution in [0.25, 0.3) is 0 Å². The van der Waals surface area contributed by atoms with Gasteiger partial charge in [0.25, 0.3) is 0 Å². The van der Waals surface area contributed by atoms with Crippen LogP contribution in [0.1, 0.15) is 6.42 Å². The molecule has 1 aromatic rings. The van der Waals surface area contributed by atoms with Crippen molar-refractivity contribution >= 4 is 5.69 Å². The van der Waals surface area contributed by atoms with Crippen LogP contribution in [-0.4, -0.2) is 64.5 Å². The Morgan fingerprint density at radius 1 is 1.14 bits per heavy atom. The maximum Gasteiger partial charge on any atom is 0.142 e. The summed E-state index contributed by atoms with van der Waals surface area (Å²) in [4.78, 5) is 4.82. The Hall–Kier alpha value is -1.30. The molecular weight excluding hydrogens is 266 g/mol. The summed E-state index contributed by atoms with van der Waals surface area (Å²) in [5.41, 5.74) is 7.31.